The van der Waals surface area contributed by atoms with Gasteiger partial charge >= 0.3 is 5.97 Å². The quantitative estimate of drug-likeness (QED) is 0.656. The molecule has 9 heteroatoms. The highest BCUT2D eigenvalue weighted by Crippen LogP contribution is 2.35. The van der Waals surface area contributed by atoms with Crippen molar-refractivity contribution < 1.29 is 17.9 Å². The van der Waals surface area contributed by atoms with E-state index >= 15 is 0 Å². The topological polar surface area (TPSA) is 117 Å². The average molecular weight is 414 g/mol. The van der Waals surface area contributed by atoms with E-state index in [0.717, 1.165) is 5.56 Å². The Bertz CT molecular complexity index is 1150. The van der Waals surface area contributed by atoms with Crippen molar-refractivity contribution in [2.45, 2.75) is 31.3 Å². The Labute approximate surface area is 169 Å². The van der Waals surface area contributed by atoms with Crippen LogP contribution in [0.2, 0.25) is 0 Å². The second-order valence-electron chi connectivity index (χ2n) is 7.50. The van der Waals surface area contributed by atoms with E-state index in [4.69, 9.17) is 9.88 Å². The Balaban J connectivity index is 2.20. The zero-order valence-electron chi connectivity index (χ0n) is 16.6. The number of nitrogens with zero attached hydrogens (tertiary/aromatic N) is 3. The van der Waals surface area contributed by atoms with E-state index in [1.807, 2.05) is 0 Å². The van der Waals surface area contributed by atoms with Gasteiger partial charge in [0.25, 0.3) is 0 Å². The lowest BCUT2D eigenvalue weighted by Gasteiger charge is -2.20. The summed E-state index contributed by atoms with van der Waals surface area (Å²) in [4.78, 5) is 16.9. The predicted molar refractivity (Wildman–Crippen MR) is 108 cm³/mol. The van der Waals surface area contributed by atoms with Crippen molar-refractivity contribution in [2.24, 2.45) is 12.2 Å². The van der Waals surface area contributed by atoms with Crippen LogP contribution in [0.4, 0.5) is 0 Å². The van der Waals surface area contributed by atoms with Crippen molar-refractivity contribution in [1.29, 1.82) is 0 Å². The van der Waals surface area contributed by atoms with Crippen LogP contribution in [-0.4, -0.2) is 34.8 Å². The molecule has 3 rings (SSSR count). The fraction of sp³-hybridized carbons (Fsp3) is 0.250. The van der Waals surface area contributed by atoms with E-state index in [1.165, 1.54) is 16.8 Å². The number of carbonyl (C=O) groups is 1. The number of carbonyl (C=O) groups excluding carboxylic acids is 1. The lowest BCUT2D eigenvalue weighted by Crippen LogP contribution is -2.25. The number of pyridine rings is 1. The number of esters is 1. The third kappa shape index (κ3) is 4.52. The Hall–Kier alpha value is -3.04. The summed E-state index contributed by atoms with van der Waals surface area (Å²) in [6.07, 6.45) is 3.24. The van der Waals surface area contributed by atoms with Crippen molar-refractivity contribution in [3.8, 4) is 22.4 Å². The van der Waals surface area contributed by atoms with Crippen LogP contribution < -0.4 is 5.14 Å². The molecule has 3 aromatic rings. The molecular formula is C20H22N4O4S. The van der Waals surface area contributed by atoms with Crippen molar-refractivity contribution in [1.82, 2.24) is 14.8 Å². The van der Waals surface area contributed by atoms with Crippen LogP contribution in [0.15, 0.2) is 53.7 Å². The molecule has 0 radical (unpaired) electrons. The van der Waals surface area contributed by atoms with E-state index in [-0.39, 0.29) is 10.6 Å². The van der Waals surface area contributed by atoms with E-state index in [1.54, 1.807) is 64.5 Å². The fourth-order valence-electron chi connectivity index (χ4n) is 2.88. The summed E-state index contributed by atoms with van der Waals surface area (Å²) < 4.78 is 30.1. The number of aromatic nitrogens is 3. The maximum absolute atomic E-state index is 12.9. The molecule has 0 fully saturated rings. The van der Waals surface area contributed by atoms with E-state index in [9.17, 15) is 13.2 Å². The molecule has 29 heavy (non-hydrogen) atoms. The Morgan fingerprint density at radius 1 is 1.03 bits per heavy atom. The van der Waals surface area contributed by atoms with Crippen LogP contribution in [0, 0.1) is 0 Å². The molecule has 0 unspecified atom stereocenters. The fourth-order valence-corrected chi connectivity index (χ4v) is 3.40. The Morgan fingerprint density at radius 3 is 2.14 bits per heavy atom. The molecule has 0 aliphatic carbocycles. The van der Waals surface area contributed by atoms with Gasteiger partial charge in [0.2, 0.25) is 10.0 Å². The first-order valence-corrected chi connectivity index (χ1v) is 10.4. The van der Waals surface area contributed by atoms with Crippen molar-refractivity contribution in [2.75, 3.05) is 0 Å². The lowest BCUT2D eigenvalue weighted by molar-refractivity contribution is 0.00585. The summed E-state index contributed by atoms with van der Waals surface area (Å²) >= 11 is 0. The standard InChI is InChI=1S/C20H22N4O4S/c1-20(2,3)28-19(25)18-16(13-9-11-22-12-10-13)17(23-24(18)4)14-5-7-15(8-6-14)29(21,26)27/h5-12H,1-4H3,(H2,21,26,27). The zero-order valence-corrected chi connectivity index (χ0v) is 17.4. The molecule has 0 saturated heterocycles. The number of hydrogen-bond acceptors (Lipinski definition) is 6. The van der Waals surface area contributed by atoms with Gasteiger partial charge in [-0.25, -0.2) is 18.4 Å². The Kier molecular flexibility index (Phi) is 5.29. The van der Waals surface area contributed by atoms with Gasteiger partial charge in [0, 0.05) is 30.6 Å². The van der Waals surface area contributed by atoms with Crippen LogP contribution >= 0.6 is 0 Å². The molecule has 8 nitrogen and oxygen atoms in total. The summed E-state index contributed by atoms with van der Waals surface area (Å²) in [5.41, 5.74) is 2.08. The Morgan fingerprint density at radius 2 is 1.62 bits per heavy atom. The minimum absolute atomic E-state index is 0.00462. The zero-order chi connectivity index (χ0) is 21.4. The molecule has 0 spiro atoms. The van der Waals surface area contributed by atoms with E-state index < -0.39 is 21.6 Å². The highest BCUT2D eigenvalue weighted by atomic mass is 32.2. The average Bonchev–Trinajstić information content (AvgIpc) is 2.98. The van der Waals surface area contributed by atoms with Crippen LogP contribution in [0.25, 0.3) is 22.4 Å². The van der Waals surface area contributed by atoms with Crippen molar-refractivity contribution in [3.63, 3.8) is 0 Å². The second kappa shape index (κ2) is 7.41. The van der Waals surface area contributed by atoms with Crippen LogP contribution in [0.3, 0.4) is 0 Å². The molecule has 0 saturated carbocycles. The van der Waals surface area contributed by atoms with Gasteiger partial charge in [-0.15, -0.1) is 0 Å². The first kappa shape index (κ1) is 20.7. The number of primary sulfonamides is 1. The minimum atomic E-state index is -3.81. The number of aryl methyl sites for hydroxylation is 1. The smallest absolute Gasteiger partial charge is 0.357 e. The summed E-state index contributed by atoms with van der Waals surface area (Å²) in [5.74, 6) is -0.508. The van der Waals surface area contributed by atoms with Gasteiger partial charge in [-0.05, 0) is 50.6 Å². The lowest BCUT2D eigenvalue weighted by atomic mass is 9.99. The highest BCUT2D eigenvalue weighted by Gasteiger charge is 2.28. The monoisotopic (exact) mass is 414 g/mol. The largest absolute Gasteiger partial charge is 0.455 e. The predicted octanol–water partition coefficient (Wildman–Crippen LogP) is 2.75. The summed E-state index contributed by atoms with van der Waals surface area (Å²) in [5, 5.41) is 9.69. The minimum Gasteiger partial charge on any atom is -0.455 e. The first-order chi connectivity index (χ1) is 13.5. The van der Waals surface area contributed by atoms with E-state index in [0.29, 0.717) is 16.8 Å². The molecule has 0 aliphatic heterocycles. The van der Waals surface area contributed by atoms with Crippen LogP contribution in [-0.2, 0) is 21.8 Å². The molecule has 0 atom stereocenters. The van der Waals surface area contributed by atoms with Gasteiger partial charge in [-0.2, -0.15) is 5.10 Å². The van der Waals surface area contributed by atoms with E-state index in [2.05, 4.69) is 10.1 Å². The molecule has 152 valence electrons. The molecule has 0 amide bonds. The number of benzene rings is 1. The summed E-state index contributed by atoms with van der Waals surface area (Å²) in [6, 6.07) is 9.56. The highest BCUT2D eigenvalue weighted by molar-refractivity contribution is 7.89. The molecule has 2 heterocycles. The van der Waals surface area contributed by atoms with Crippen LogP contribution in [0.1, 0.15) is 31.3 Å². The molecular weight excluding hydrogens is 392 g/mol. The summed E-state index contributed by atoms with van der Waals surface area (Å²) in [6.45, 7) is 5.38. The van der Waals surface area contributed by atoms with Gasteiger partial charge in [-0.1, -0.05) is 12.1 Å². The molecule has 2 N–H and O–H groups in total. The maximum atomic E-state index is 12.9. The number of nitrogens with two attached hydrogens (primary N) is 1. The third-order valence-electron chi connectivity index (χ3n) is 4.06. The van der Waals surface area contributed by atoms with Crippen molar-refractivity contribution >= 4 is 16.0 Å². The van der Waals surface area contributed by atoms with Crippen molar-refractivity contribution in [3.05, 3.63) is 54.5 Å². The number of rotatable bonds is 4. The molecule has 1 aromatic carbocycles. The number of sulfonamides is 1. The van der Waals surface area contributed by atoms with Gasteiger partial charge in [0.15, 0.2) is 5.69 Å². The van der Waals surface area contributed by atoms with Gasteiger partial charge in [-0.3, -0.25) is 9.67 Å². The number of ether oxygens (including phenoxy) is 1. The normalized spacial score (nSPS) is 12.0. The molecule has 2 aromatic heterocycles. The number of hydrogen-bond donors (Lipinski definition) is 1. The maximum Gasteiger partial charge on any atom is 0.357 e. The van der Waals surface area contributed by atoms with Crippen LogP contribution in [0.5, 0.6) is 0 Å². The summed E-state index contributed by atoms with van der Waals surface area (Å²) in [7, 11) is -2.15. The molecule has 0 aliphatic rings. The third-order valence-corrected chi connectivity index (χ3v) is 4.99. The second-order valence-corrected chi connectivity index (χ2v) is 9.06. The first-order valence-electron chi connectivity index (χ1n) is 8.81. The van der Waals surface area contributed by atoms with Gasteiger partial charge in [0.1, 0.15) is 11.3 Å². The molecule has 0 bridgehead atoms. The van der Waals surface area contributed by atoms with Gasteiger partial charge in [0.05, 0.1) is 4.90 Å². The SMILES string of the molecule is Cn1nc(-c2ccc(S(N)(=O)=O)cc2)c(-c2ccncc2)c1C(=O)OC(C)(C)C. The van der Waals surface area contributed by atoms with Gasteiger partial charge < -0.3 is 4.74 Å².